The summed E-state index contributed by atoms with van der Waals surface area (Å²) in [6.45, 7) is 4.02. The molecule has 0 fully saturated rings. The number of rotatable bonds is 3. The van der Waals surface area contributed by atoms with E-state index >= 15 is 0 Å². The van der Waals surface area contributed by atoms with Crippen molar-refractivity contribution < 1.29 is 4.39 Å². The van der Waals surface area contributed by atoms with Crippen molar-refractivity contribution in [2.24, 2.45) is 5.73 Å². The minimum Gasteiger partial charge on any atom is -0.389 e. The molecule has 0 unspecified atom stereocenters. The van der Waals surface area contributed by atoms with Crippen LogP contribution >= 0.6 is 12.2 Å². The molecule has 0 amide bonds. The van der Waals surface area contributed by atoms with Gasteiger partial charge in [0, 0.05) is 5.69 Å². The summed E-state index contributed by atoms with van der Waals surface area (Å²) in [6, 6.07) is 10.7. The van der Waals surface area contributed by atoms with Crippen LogP contribution in [-0.2, 0) is 0 Å². The lowest BCUT2D eigenvalue weighted by atomic mass is 10.1. The first kappa shape index (κ1) is 13.5. The summed E-state index contributed by atoms with van der Waals surface area (Å²) in [4.78, 5) is 0.0466. The monoisotopic (exact) mass is 274 g/mol. The van der Waals surface area contributed by atoms with E-state index in [1.165, 1.54) is 11.6 Å². The molecule has 0 spiro atoms. The maximum Gasteiger partial charge on any atom is 0.135 e. The Hall–Kier alpha value is -1.94. The van der Waals surface area contributed by atoms with Gasteiger partial charge in [-0.25, -0.2) is 4.39 Å². The summed E-state index contributed by atoms with van der Waals surface area (Å²) in [5, 5.41) is 3.18. The van der Waals surface area contributed by atoms with Crippen LogP contribution in [0.3, 0.4) is 0 Å². The Kier molecular flexibility index (Phi) is 3.81. The number of benzene rings is 2. The molecular formula is C15H15FN2S. The zero-order chi connectivity index (χ0) is 14.0. The van der Waals surface area contributed by atoms with Crippen molar-refractivity contribution >= 4 is 28.6 Å². The van der Waals surface area contributed by atoms with E-state index in [-0.39, 0.29) is 10.6 Å². The molecule has 0 bridgehead atoms. The molecule has 0 aliphatic carbocycles. The number of anilines is 2. The summed E-state index contributed by atoms with van der Waals surface area (Å²) >= 11 is 4.90. The highest BCUT2D eigenvalue weighted by Crippen LogP contribution is 2.25. The Morgan fingerprint density at radius 1 is 1.16 bits per heavy atom. The Morgan fingerprint density at radius 3 is 2.53 bits per heavy atom. The molecule has 3 N–H and O–H groups in total. The second-order valence-electron chi connectivity index (χ2n) is 4.47. The Bertz CT molecular complexity index is 638. The molecule has 2 aromatic carbocycles. The molecular weight excluding hydrogens is 259 g/mol. The highest BCUT2D eigenvalue weighted by molar-refractivity contribution is 7.80. The van der Waals surface area contributed by atoms with Gasteiger partial charge in [-0.2, -0.15) is 0 Å². The fourth-order valence-electron chi connectivity index (χ4n) is 1.98. The fourth-order valence-corrected chi connectivity index (χ4v) is 2.19. The average Bonchev–Trinajstić information content (AvgIpc) is 2.32. The third kappa shape index (κ3) is 2.90. The molecule has 2 nitrogen and oxygen atoms in total. The quantitative estimate of drug-likeness (QED) is 0.836. The van der Waals surface area contributed by atoms with Gasteiger partial charge < -0.3 is 11.1 Å². The van der Waals surface area contributed by atoms with Crippen LogP contribution in [0.4, 0.5) is 15.8 Å². The zero-order valence-corrected chi connectivity index (χ0v) is 11.6. The van der Waals surface area contributed by atoms with Crippen LogP contribution in [0.1, 0.15) is 16.7 Å². The molecule has 2 aromatic rings. The van der Waals surface area contributed by atoms with Gasteiger partial charge in [-0.3, -0.25) is 0 Å². The summed E-state index contributed by atoms with van der Waals surface area (Å²) in [5.74, 6) is -0.415. The molecule has 0 saturated carbocycles. The predicted octanol–water partition coefficient (Wildman–Crippen LogP) is 3.82. The highest BCUT2D eigenvalue weighted by atomic mass is 32.1. The van der Waals surface area contributed by atoms with E-state index in [9.17, 15) is 4.39 Å². The number of nitrogens with one attached hydrogen (secondary N) is 1. The Labute approximate surface area is 117 Å². The molecule has 0 aliphatic rings. The van der Waals surface area contributed by atoms with E-state index in [1.807, 2.05) is 26.0 Å². The standard InChI is InChI=1S/C15H15FN2S/c1-9-6-7-12(10(2)8-9)18-13-5-3-4-11(16)14(13)15(17)19/h3-8,18H,1-2H3,(H2,17,19). The molecule has 2 rings (SSSR count). The molecule has 0 radical (unpaired) electrons. The van der Waals surface area contributed by atoms with Crippen LogP contribution in [0.2, 0.25) is 0 Å². The van der Waals surface area contributed by atoms with Crippen molar-refractivity contribution in [2.45, 2.75) is 13.8 Å². The van der Waals surface area contributed by atoms with Crippen LogP contribution < -0.4 is 11.1 Å². The average molecular weight is 274 g/mol. The third-order valence-corrected chi connectivity index (χ3v) is 3.12. The summed E-state index contributed by atoms with van der Waals surface area (Å²) in [6.07, 6.45) is 0. The second kappa shape index (κ2) is 5.36. The maximum absolute atomic E-state index is 13.8. The summed E-state index contributed by atoms with van der Waals surface area (Å²) in [5.41, 5.74) is 9.58. The molecule has 0 atom stereocenters. The minimum absolute atomic E-state index is 0.0466. The fraction of sp³-hybridized carbons (Fsp3) is 0.133. The second-order valence-corrected chi connectivity index (χ2v) is 4.91. The van der Waals surface area contributed by atoms with Gasteiger partial charge in [-0.05, 0) is 37.6 Å². The van der Waals surface area contributed by atoms with Gasteiger partial charge >= 0.3 is 0 Å². The lowest BCUT2D eigenvalue weighted by Gasteiger charge is -2.14. The molecule has 98 valence electrons. The van der Waals surface area contributed by atoms with Crippen molar-refractivity contribution in [3.8, 4) is 0 Å². The summed E-state index contributed by atoms with van der Waals surface area (Å²) < 4.78 is 13.8. The first-order valence-corrected chi connectivity index (χ1v) is 6.32. The molecule has 19 heavy (non-hydrogen) atoms. The summed E-state index contributed by atoms with van der Waals surface area (Å²) in [7, 11) is 0. The molecule has 0 aromatic heterocycles. The molecule has 0 saturated heterocycles. The first-order chi connectivity index (χ1) is 8.99. The predicted molar refractivity (Wildman–Crippen MR) is 81.5 cm³/mol. The zero-order valence-electron chi connectivity index (χ0n) is 10.8. The number of aryl methyl sites for hydroxylation is 2. The van der Waals surface area contributed by atoms with Crippen molar-refractivity contribution in [3.05, 3.63) is 58.9 Å². The number of thiocarbonyl (C=S) groups is 1. The van der Waals surface area contributed by atoms with Crippen LogP contribution in [0, 0.1) is 19.7 Å². The largest absolute Gasteiger partial charge is 0.389 e. The van der Waals surface area contributed by atoms with Crippen molar-refractivity contribution in [3.63, 3.8) is 0 Å². The number of halogens is 1. The van der Waals surface area contributed by atoms with E-state index in [1.54, 1.807) is 12.1 Å². The highest BCUT2D eigenvalue weighted by Gasteiger charge is 2.11. The molecule has 0 heterocycles. The van der Waals surface area contributed by atoms with E-state index in [4.69, 9.17) is 18.0 Å². The van der Waals surface area contributed by atoms with Crippen molar-refractivity contribution in [1.29, 1.82) is 0 Å². The minimum atomic E-state index is -0.415. The number of hydrogen-bond donors (Lipinski definition) is 2. The van der Waals surface area contributed by atoms with Gasteiger partial charge in [0.2, 0.25) is 0 Å². The number of nitrogens with two attached hydrogens (primary N) is 1. The van der Waals surface area contributed by atoms with E-state index < -0.39 is 5.82 Å². The van der Waals surface area contributed by atoms with Crippen LogP contribution in [0.25, 0.3) is 0 Å². The van der Waals surface area contributed by atoms with Crippen LogP contribution in [-0.4, -0.2) is 4.99 Å². The van der Waals surface area contributed by atoms with Gasteiger partial charge in [-0.15, -0.1) is 0 Å². The lowest BCUT2D eigenvalue weighted by molar-refractivity contribution is 0.626. The SMILES string of the molecule is Cc1ccc(Nc2cccc(F)c2C(N)=S)c(C)c1. The van der Waals surface area contributed by atoms with Gasteiger partial charge in [0.25, 0.3) is 0 Å². The molecule has 0 aliphatic heterocycles. The lowest BCUT2D eigenvalue weighted by Crippen LogP contribution is -2.14. The van der Waals surface area contributed by atoms with Crippen LogP contribution in [0.5, 0.6) is 0 Å². The van der Waals surface area contributed by atoms with Crippen molar-refractivity contribution in [1.82, 2.24) is 0 Å². The Balaban J connectivity index is 2.44. The van der Waals surface area contributed by atoms with Gasteiger partial charge in [-0.1, -0.05) is 36.0 Å². The maximum atomic E-state index is 13.8. The van der Waals surface area contributed by atoms with Gasteiger partial charge in [0.1, 0.15) is 10.8 Å². The first-order valence-electron chi connectivity index (χ1n) is 5.91. The topological polar surface area (TPSA) is 38.0 Å². The normalized spacial score (nSPS) is 10.3. The van der Waals surface area contributed by atoms with Crippen molar-refractivity contribution in [2.75, 3.05) is 5.32 Å². The smallest absolute Gasteiger partial charge is 0.135 e. The third-order valence-electron chi connectivity index (χ3n) is 2.91. The van der Waals surface area contributed by atoms with Gasteiger partial charge in [0.15, 0.2) is 0 Å². The Morgan fingerprint density at radius 2 is 1.89 bits per heavy atom. The van der Waals surface area contributed by atoms with E-state index in [0.717, 1.165) is 11.3 Å². The number of hydrogen-bond acceptors (Lipinski definition) is 2. The van der Waals surface area contributed by atoms with E-state index in [0.29, 0.717) is 5.69 Å². The van der Waals surface area contributed by atoms with Crippen LogP contribution in [0.15, 0.2) is 36.4 Å². The molecule has 4 heteroatoms. The van der Waals surface area contributed by atoms with Gasteiger partial charge in [0.05, 0.1) is 11.3 Å². The van der Waals surface area contributed by atoms with E-state index in [2.05, 4.69) is 11.4 Å².